The maximum atomic E-state index is 12.6. The summed E-state index contributed by atoms with van der Waals surface area (Å²) in [6.07, 6.45) is -4.57. The van der Waals surface area contributed by atoms with Crippen LogP contribution in [0.1, 0.15) is 43.9 Å². The van der Waals surface area contributed by atoms with E-state index < -0.39 is 23.7 Å². The highest BCUT2D eigenvalue weighted by atomic mass is 32.1. The molecule has 0 spiro atoms. The van der Waals surface area contributed by atoms with Crippen molar-refractivity contribution in [2.45, 2.75) is 26.9 Å². The summed E-state index contributed by atoms with van der Waals surface area (Å²) in [5, 5.41) is 2.96. The Morgan fingerprint density at radius 1 is 1.28 bits per heavy atom. The fourth-order valence-electron chi connectivity index (χ4n) is 2.08. The number of nitrogens with one attached hydrogen (secondary N) is 1. The highest BCUT2D eigenvalue weighted by Gasteiger charge is 2.33. The number of esters is 1. The number of rotatable bonds is 4. The molecule has 9 heteroatoms. The van der Waals surface area contributed by atoms with Gasteiger partial charge in [-0.05, 0) is 44.5 Å². The minimum Gasteiger partial charge on any atom is -0.462 e. The molecule has 25 heavy (non-hydrogen) atoms. The monoisotopic (exact) mass is 372 g/mol. The van der Waals surface area contributed by atoms with Gasteiger partial charge in [0.25, 0.3) is 5.91 Å². The molecule has 0 aromatic carbocycles. The van der Waals surface area contributed by atoms with Crippen molar-refractivity contribution in [2.75, 3.05) is 11.9 Å². The number of nitrogens with zero attached hydrogens (tertiary/aromatic N) is 1. The zero-order chi connectivity index (χ0) is 18.8. The van der Waals surface area contributed by atoms with Gasteiger partial charge in [-0.25, -0.2) is 9.78 Å². The molecule has 2 rings (SSSR count). The molecule has 1 N–H and O–H groups in total. The Balaban J connectivity index is 2.20. The Bertz CT molecular complexity index is 815. The van der Waals surface area contributed by atoms with Gasteiger partial charge in [0.2, 0.25) is 0 Å². The first-order chi connectivity index (χ1) is 11.6. The molecule has 0 radical (unpaired) electrons. The Morgan fingerprint density at radius 3 is 2.52 bits per heavy atom. The normalized spacial score (nSPS) is 11.3. The average Bonchev–Trinajstić information content (AvgIpc) is 2.86. The molecule has 0 aliphatic rings. The molecule has 0 fully saturated rings. The summed E-state index contributed by atoms with van der Waals surface area (Å²) in [6, 6.07) is 3.43. The molecule has 134 valence electrons. The number of carbonyl (C=O) groups is 2. The molecule has 0 unspecified atom stereocenters. The van der Waals surface area contributed by atoms with E-state index in [2.05, 4.69) is 10.3 Å². The number of alkyl halides is 3. The van der Waals surface area contributed by atoms with E-state index in [1.54, 1.807) is 19.9 Å². The number of carbonyl (C=O) groups excluding carboxylic acids is 2. The first kappa shape index (κ1) is 18.9. The van der Waals surface area contributed by atoms with E-state index in [0.717, 1.165) is 23.5 Å². The third kappa shape index (κ3) is 4.36. The van der Waals surface area contributed by atoms with Crippen LogP contribution in [0.2, 0.25) is 0 Å². The summed E-state index contributed by atoms with van der Waals surface area (Å²) in [6.45, 7) is 4.94. The number of aryl methyl sites for hydroxylation is 2. The maximum absolute atomic E-state index is 12.6. The van der Waals surface area contributed by atoms with E-state index in [1.165, 1.54) is 6.92 Å². The number of pyridine rings is 1. The van der Waals surface area contributed by atoms with Gasteiger partial charge < -0.3 is 10.1 Å². The second kappa shape index (κ2) is 7.22. The lowest BCUT2D eigenvalue weighted by Crippen LogP contribution is -2.16. The van der Waals surface area contributed by atoms with Crippen molar-refractivity contribution >= 4 is 28.2 Å². The molecule has 0 aliphatic carbocycles. The molecule has 0 aliphatic heterocycles. The summed E-state index contributed by atoms with van der Waals surface area (Å²) in [4.78, 5) is 27.8. The van der Waals surface area contributed by atoms with Gasteiger partial charge in [0.15, 0.2) is 0 Å². The molecule has 5 nitrogen and oxygen atoms in total. The van der Waals surface area contributed by atoms with Gasteiger partial charge in [0, 0.05) is 0 Å². The molecule has 0 bridgehead atoms. The average molecular weight is 372 g/mol. The molecule has 0 saturated carbocycles. The van der Waals surface area contributed by atoms with Crippen LogP contribution in [0, 0.1) is 13.8 Å². The molecular weight excluding hydrogens is 357 g/mol. The smallest absolute Gasteiger partial charge is 0.433 e. The molecule has 2 heterocycles. The number of amides is 1. The zero-order valence-electron chi connectivity index (χ0n) is 13.7. The Kier molecular flexibility index (Phi) is 5.46. The molecule has 2 aromatic rings. The number of hydrogen-bond donors (Lipinski definition) is 1. The number of halogens is 3. The first-order valence-corrected chi connectivity index (χ1v) is 8.09. The SMILES string of the molecule is CCOC(=O)c1sc(NC(=O)c2ccc(C(F)(F)F)nc2C)cc1C. The maximum Gasteiger partial charge on any atom is 0.433 e. The summed E-state index contributed by atoms with van der Waals surface area (Å²) in [5.41, 5.74) is -0.429. The minimum atomic E-state index is -4.57. The zero-order valence-corrected chi connectivity index (χ0v) is 14.5. The summed E-state index contributed by atoms with van der Waals surface area (Å²) in [7, 11) is 0. The van der Waals surface area contributed by atoms with Gasteiger partial charge in [-0.15, -0.1) is 11.3 Å². The summed E-state index contributed by atoms with van der Waals surface area (Å²) in [5.74, 6) is -1.09. The van der Waals surface area contributed by atoms with Gasteiger partial charge >= 0.3 is 12.1 Å². The quantitative estimate of drug-likeness (QED) is 0.817. The van der Waals surface area contributed by atoms with E-state index in [0.29, 0.717) is 15.4 Å². The van der Waals surface area contributed by atoms with Crippen LogP contribution in [0.5, 0.6) is 0 Å². The van der Waals surface area contributed by atoms with Crippen LogP contribution in [0.4, 0.5) is 18.2 Å². The van der Waals surface area contributed by atoms with Crippen LogP contribution in [-0.4, -0.2) is 23.5 Å². The predicted octanol–water partition coefficient (Wildman–Crippen LogP) is 4.21. The fourth-order valence-corrected chi connectivity index (χ4v) is 3.04. The van der Waals surface area contributed by atoms with Crippen molar-refractivity contribution in [3.63, 3.8) is 0 Å². The standard InChI is InChI=1S/C16H15F3N2O3S/c1-4-24-15(23)13-8(2)7-12(25-13)21-14(22)10-5-6-11(16(17,18)19)20-9(10)3/h5-7H,4H2,1-3H3,(H,21,22). The first-order valence-electron chi connectivity index (χ1n) is 7.27. The van der Waals surface area contributed by atoms with Crippen LogP contribution >= 0.6 is 11.3 Å². The second-order valence-electron chi connectivity index (χ2n) is 5.12. The van der Waals surface area contributed by atoms with E-state index in [4.69, 9.17) is 4.74 Å². The van der Waals surface area contributed by atoms with Crippen molar-refractivity contribution in [1.82, 2.24) is 4.98 Å². The van der Waals surface area contributed by atoms with Gasteiger partial charge in [-0.1, -0.05) is 0 Å². The summed E-state index contributed by atoms with van der Waals surface area (Å²) < 4.78 is 42.8. The summed E-state index contributed by atoms with van der Waals surface area (Å²) >= 11 is 1.04. The van der Waals surface area contributed by atoms with E-state index in [9.17, 15) is 22.8 Å². The highest BCUT2D eigenvalue weighted by molar-refractivity contribution is 7.18. The van der Waals surface area contributed by atoms with Crippen molar-refractivity contribution in [1.29, 1.82) is 0 Å². The van der Waals surface area contributed by atoms with Crippen LogP contribution in [-0.2, 0) is 10.9 Å². The molecule has 0 saturated heterocycles. The van der Waals surface area contributed by atoms with Crippen LogP contribution < -0.4 is 5.32 Å². The fraction of sp³-hybridized carbons (Fsp3) is 0.312. The predicted molar refractivity (Wildman–Crippen MR) is 86.9 cm³/mol. The molecule has 2 aromatic heterocycles. The van der Waals surface area contributed by atoms with Crippen molar-refractivity contribution in [2.24, 2.45) is 0 Å². The van der Waals surface area contributed by atoms with Crippen molar-refractivity contribution < 1.29 is 27.5 Å². The number of aromatic nitrogens is 1. The third-order valence-electron chi connectivity index (χ3n) is 3.24. The second-order valence-corrected chi connectivity index (χ2v) is 6.18. The minimum absolute atomic E-state index is 0.0248. The molecular formula is C16H15F3N2O3S. The highest BCUT2D eigenvalue weighted by Crippen LogP contribution is 2.30. The Labute approximate surface area is 145 Å². The Hall–Kier alpha value is -2.42. The molecule has 1 amide bonds. The van der Waals surface area contributed by atoms with Gasteiger partial charge in [-0.2, -0.15) is 13.2 Å². The number of hydrogen-bond acceptors (Lipinski definition) is 5. The third-order valence-corrected chi connectivity index (χ3v) is 4.37. The van der Waals surface area contributed by atoms with E-state index in [-0.39, 0.29) is 17.9 Å². The van der Waals surface area contributed by atoms with E-state index >= 15 is 0 Å². The topological polar surface area (TPSA) is 68.3 Å². The largest absolute Gasteiger partial charge is 0.462 e. The van der Waals surface area contributed by atoms with Crippen molar-refractivity contribution in [3.8, 4) is 0 Å². The number of anilines is 1. The lowest BCUT2D eigenvalue weighted by atomic mass is 10.1. The lowest BCUT2D eigenvalue weighted by molar-refractivity contribution is -0.141. The number of thiophene rings is 1. The number of ether oxygens (including phenoxy) is 1. The van der Waals surface area contributed by atoms with Crippen LogP contribution in [0.25, 0.3) is 0 Å². The van der Waals surface area contributed by atoms with Crippen LogP contribution in [0.3, 0.4) is 0 Å². The van der Waals surface area contributed by atoms with Gasteiger partial charge in [0.1, 0.15) is 10.6 Å². The Morgan fingerprint density at radius 2 is 1.96 bits per heavy atom. The van der Waals surface area contributed by atoms with E-state index in [1.807, 2.05) is 0 Å². The molecule has 0 atom stereocenters. The van der Waals surface area contributed by atoms with Crippen molar-refractivity contribution in [3.05, 3.63) is 45.6 Å². The van der Waals surface area contributed by atoms with Gasteiger partial charge in [0.05, 0.1) is 22.9 Å². The van der Waals surface area contributed by atoms with Crippen LogP contribution in [0.15, 0.2) is 18.2 Å². The van der Waals surface area contributed by atoms with Gasteiger partial charge in [-0.3, -0.25) is 4.79 Å². The lowest BCUT2D eigenvalue weighted by Gasteiger charge is -2.09.